The van der Waals surface area contributed by atoms with E-state index in [0.717, 1.165) is 5.75 Å². The number of hydrogen-bond donors (Lipinski definition) is 3. The first-order valence-corrected chi connectivity index (χ1v) is 11.8. The summed E-state index contributed by atoms with van der Waals surface area (Å²) in [7, 11) is 0. The normalized spacial score (nSPS) is 13.9. The molecule has 3 aromatic rings. The molecule has 0 aliphatic heterocycles. The molecule has 4 rings (SSSR count). The Bertz CT molecular complexity index is 914. The molecule has 4 nitrogen and oxygen atoms in total. The quantitative estimate of drug-likeness (QED) is 0.273. The molecule has 1 aliphatic rings. The molecule has 30 heavy (non-hydrogen) atoms. The van der Waals surface area contributed by atoms with Crippen LogP contribution in [0.4, 0.5) is 0 Å². The number of benzene rings is 2. The van der Waals surface area contributed by atoms with E-state index in [1.807, 2.05) is 13.8 Å². The average Bonchev–Trinajstić information content (AvgIpc) is 3.17. The standard InChI is InChI=1S/C20H21N.C3H8N2OS.C2H6/c1-14-7-9-16(10-8-14)20(11-4-12-20)18-13-21-19-15(2)5-3-6-17(18)19;4-7-2-1-5-3-6;1-2/h3,5-10,13,21H,4,11-12H2,1-2H3;3H,1-2,4H2,(H,5,6);1-2H3. The van der Waals surface area contributed by atoms with E-state index in [0.29, 0.717) is 13.0 Å². The SMILES string of the molecule is CC.Cc1ccc(C2(c3c[nH]c4c(C)cccc34)CCC2)cc1.NSCCNC=O. The summed E-state index contributed by atoms with van der Waals surface area (Å²) in [6.45, 7) is 9.00. The lowest BCUT2D eigenvalue weighted by Crippen LogP contribution is -2.35. The van der Waals surface area contributed by atoms with E-state index >= 15 is 0 Å². The van der Waals surface area contributed by atoms with E-state index in [1.54, 1.807) is 0 Å². The number of H-pyrrole nitrogens is 1. The molecule has 0 bridgehead atoms. The first kappa shape index (κ1) is 24.0. The second-order valence-electron chi connectivity index (χ2n) is 7.44. The van der Waals surface area contributed by atoms with Gasteiger partial charge in [0.25, 0.3) is 0 Å². The van der Waals surface area contributed by atoms with Crippen molar-refractivity contribution in [1.29, 1.82) is 0 Å². The van der Waals surface area contributed by atoms with Crippen molar-refractivity contribution in [1.82, 2.24) is 10.3 Å². The number of carbonyl (C=O) groups excluding carboxylic acids is 1. The van der Waals surface area contributed by atoms with Gasteiger partial charge in [0.1, 0.15) is 0 Å². The monoisotopic (exact) mass is 425 g/mol. The van der Waals surface area contributed by atoms with E-state index in [4.69, 9.17) is 5.14 Å². The van der Waals surface area contributed by atoms with E-state index in [-0.39, 0.29) is 5.41 Å². The van der Waals surface area contributed by atoms with E-state index in [2.05, 4.69) is 72.8 Å². The zero-order valence-electron chi connectivity index (χ0n) is 18.6. The van der Waals surface area contributed by atoms with Crippen LogP contribution in [0.1, 0.15) is 55.4 Å². The lowest BCUT2D eigenvalue weighted by molar-refractivity contribution is -0.109. The summed E-state index contributed by atoms with van der Waals surface area (Å²) in [4.78, 5) is 13.0. The van der Waals surface area contributed by atoms with Crippen LogP contribution >= 0.6 is 11.9 Å². The van der Waals surface area contributed by atoms with Crippen molar-refractivity contribution < 1.29 is 4.79 Å². The molecular weight excluding hydrogens is 390 g/mol. The molecule has 162 valence electrons. The number of carbonyl (C=O) groups is 1. The Labute approximate surface area is 185 Å². The first-order chi connectivity index (χ1) is 14.6. The van der Waals surface area contributed by atoms with Crippen LogP contribution in [-0.2, 0) is 10.2 Å². The first-order valence-electron chi connectivity index (χ1n) is 10.8. The molecule has 1 heterocycles. The molecule has 1 fully saturated rings. The molecule has 1 aromatic heterocycles. The van der Waals surface area contributed by atoms with Gasteiger partial charge >= 0.3 is 0 Å². The fraction of sp³-hybridized carbons (Fsp3) is 0.400. The Kier molecular flexibility index (Phi) is 9.47. The van der Waals surface area contributed by atoms with Gasteiger partial charge in [0.2, 0.25) is 6.41 Å². The third-order valence-electron chi connectivity index (χ3n) is 5.70. The number of aromatic nitrogens is 1. The molecule has 1 amide bonds. The van der Waals surface area contributed by atoms with Gasteiger partial charge in [-0.25, -0.2) is 0 Å². The van der Waals surface area contributed by atoms with Gasteiger partial charge in [0.05, 0.1) is 0 Å². The summed E-state index contributed by atoms with van der Waals surface area (Å²) in [5.41, 5.74) is 7.14. The fourth-order valence-corrected chi connectivity index (χ4v) is 4.23. The summed E-state index contributed by atoms with van der Waals surface area (Å²) < 4.78 is 0. The third-order valence-corrected chi connectivity index (χ3v) is 6.14. The van der Waals surface area contributed by atoms with Crippen LogP contribution in [0.2, 0.25) is 0 Å². The fourth-order valence-electron chi connectivity index (χ4n) is 4.00. The number of rotatable bonds is 6. The van der Waals surface area contributed by atoms with Crippen molar-refractivity contribution in [3.8, 4) is 0 Å². The van der Waals surface area contributed by atoms with Gasteiger partial charge in [-0.3, -0.25) is 9.93 Å². The van der Waals surface area contributed by atoms with E-state index in [9.17, 15) is 4.79 Å². The number of fused-ring (bicyclic) bond motifs is 1. The topological polar surface area (TPSA) is 70.9 Å². The highest BCUT2D eigenvalue weighted by Gasteiger charge is 2.41. The molecule has 4 N–H and O–H groups in total. The van der Waals surface area contributed by atoms with Gasteiger partial charge < -0.3 is 10.3 Å². The number of aromatic amines is 1. The Morgan fingerprint density at radius 2 is 1.83 bits per heavy atom. The second-order valence-corrected chi connectivity index (χ2v) is 8.19. The number of nitrogens with one attached hydrogen (secondary N) is 2. The van der Waals surface area contributed by atoms with Crippen LogP contribution in [0, 0.1) is 13.8 Å². The second kappa shape index (κ2) is 11.8. The van der Waals surface area contributed by atoms with Crippen LogP contribution < -0.4 is 10.5 Å². The Balaban J connectivity index is 0.000000306. The number of nitrogens with two attached hydrogens (primary N) is 1. The Morgan fingerprint density at radius 1 is 1.13 bits per heavy atom. The summed E-state index contributed by atoms with van der Waals surface area (Å²) in [5, 5.41) is 8.90. The van der Waals surface area contributed by atoms with Gasteiger partial charge in [-0.2, -0.15) is 0 Å². The smallest absolute Gasteiger partial charge is 0.207 e. The molecule has 5 heteroatoms. The molecule has 0 spiro atoms. The van der Waals surface area contributed by atoms with Crippen molar-refractivity contribution in [2.75, 3.05) is 12.3 Å². The highest BCUT2D eigenvalue weighted by atomic mass is 32.2. The lowest BCUT2D eigenvalue weighted by Gasteiger charge is -2.42. The molecule has 0 radical (unpaired) electrons. The number of amides is 1. The van der Waals surface area contributed by atoms with Crippen molar-refractivity contribution >= 4 is 29.3 Å². The van der Waals surface area contributed by atoms with Crippen LogP contribution in [-0.4, -0.2) is 23.7 Å². The molecular formula is C25H35N3OS. The minimum absolute atomic E-state index is 0.222. The van der Waals surface area contributed by atoms with Gasteiger partial charge in [0.15, 0.2) is 0 Å². The molecule has 0 unspecified atom stereocenters. The van der Waals surface area contributed by atoms with Gasteiger partial charge in [-0.15, -0.1) is 0 Å². The zero-order chi connectivity index (χ0) is 22.0. The maximum absolute atomic E-state index is 9.52. The van der Waals surface area contributed by atoms with Crippen molar-refractivity contribution in [3.63, 3.8) is 0 Å². The molecule has 1 saturated carbocycles. The lowest BCUT2D eigenvalue weighted by atomic mass is 9.60. The van der Waals surface area contributed by atoms with Crippen molar-refractivity contribution in [2.24, 2.45) is 5.14 Å². The maximum Gasteiger partial charge on any atom is 0.207 e. The highest BCUT2D eigenvalue weighted by Crippen LogP contribution is 2.51. The molecule has 2 aromatic carbocycles. The predicted molar refractivity (Wildman–Crippen MR) is 131 cm³/mol. The van der Waals surface area contributed by atoms with E-state index in [1.165, 1.54) is 64.4 Å². The average molecular weight is 426 g/mol. The number of aryl methyl sites for hydroxylation is 2. The van der Waals surface area contributed by atoms with Gasteiger partial charge in [-0.1, -0.05) is 80.2 Å². The highest BCUT2D eigenvalue weighted by molar-refractivity contribution is 7.97. The Morgan fingerprint density at radius 3 is 2.40 bits per heavy atom. The van der Waals surface area contributed by atoms with Gasteiger partial charge in [0, 0.05) is 34.8 Å². The number of hydrogen-bond acceptors (Lipinski definition) is 3. The van der Waals surface area contributed by atoms with Crippen LogP contribution in [0.3, 0.4) is 0 Å². The minimum atomic E-state index is 0.222. The summed E-state index contributed by atoms with van der Waals surface area (Å²) in [6, 6.07) is 15.8. The van der Waals surface area contributed by atoms with Crippen molar-refractivity contribution in [2.45, 2.75) is 52.4 Å². The van der Waals surface area contributed by atoms with Crippen molar-refractivity contribution in [3.05, 3.63) is 70.9 Å². The van der Waals surface area contributed by atoms with Crippen LogP contribution in [0.25, 0.3) is 10.9 Å². The van der Waals surface area contributed by atoms with Crippen LogP contribution in [0.5, 0.6) is 0 Å². The maximum atomic E-state index is 9.52. The predicted octanol–water partition coefficient (Wildman–Crippen LogP) is 5.62. The largest absolute Gasteiger partial charge is 0.361 e. The van der Waals surface area contributed by atoms with Crippen LogP contribution in [0.15, 0.2) is 48.7 Å². The minimum Gasteiger partial charge on any atom is -0.361 e. The summed E-state index contributed by atoms with van der Waals surface area (Å²) in [6.07, 6.45) is 6.76. The molecule has 1 aliphatic carbocycles. The third kappa shape index (κ3) is 5.27. The van der Waals surface area contributed by atoms with Gasteiger partial charge in [-0.05, 0) is 43.4 Å². The molecule has 0 atom stereocenters. The van der Waals surface area contributed by atoms with E-state index < -0.39 is 0 Å². The zero-order valence-corrected chi connectivity index (χ0v) is 19.4. The molecule has 0 saturated heterocycles. The summed E-state index contributed by atoms with van der Waals surface area (Å²) in [5.74, 6) is 0.777. The summed E-state index contributed by atoms with van der Waals surface area (Å²) >= 11 is 1.22. The number of para-hydroxylation sites is 1. The Hall–Kier alpha value is -2.24.